The van der Waals surface area contributed by atoms with E-state index in [1.807, 2.05) is 0 Å². The van der Waals surface area contributed by atoms with Crippen LogP contribution in [-0.2, 0) is 10.0 Å². The van der Waals surface area contributed by atoms with Gasteiger partial charge in [-0.1, -0.05) is 39.1 Å². The Morgan fingerprint density at radius 3 is 2.35 bits per heavy atom. The second-order valence-electron chi connectivity index (χ2n) is 3.91. The highest BCUT2D eigenvalue weighted by Gasteiger charge is 2.24. The van der Waals surface area contributed by atoms with E-state index in [4.69, 9.17) is 28.9 Å². The summed E-state index contributed by atoms with van der Waals surface area (Å²) in [7, 11) is -4.00. The summed E-state index contributed by atoms with van der Waals surface area (Å²) in [4.78, 5) is -0.232. The molecule has 2 rings (SSSR count). The molecule has 0 bridgehead atoms. The van der Waals surface area contributed by atoms with E-state index in [0.29, 0.717) is 10.2 Å². The zero-order valence-electron chi connectivity index (χ0n) is 10.0. The normalized spacial score (nSPS) is 11.6. The predicted molar refractivity (Wildman–Crippen MR) is 82.7 cm³/mol. The van der Waals surface area contributed by atoms with Gasteiger partial charge in [-0.2, -0.15) is 5.10 Å². The van der Waals surface area contributed by atoms with Crippen molar-refractivity contribution in [3.05, 3.63) is 32.3 Å². The Hall–Kier alpha value is -0.960. The highest BCUT2D eigenvalue weighted by Crippen LogP contribution is 2.34. The van der Waals surface area contributed by atoms with Gasteiger partial charge < -0.3 is 5.73 Å². The van der Waals surface area contributed by atoms with Crippen LogP contribution < -0.4 is 10.5 Å². The van der Waals surface area contributed by atoms with Crippen molar-refractivity contribution in [3.63, 3.8) is 0 Å². The number of aryl methyl sites for hydroxylation is 1. The van der Waals surface area contributed by atoms with Crippen LogP contribution in [0.1, 0.15) is 5.69 Å². The number of H-pyrrole nitrogens is 1. The van der Waals surface area contributed by atoms with Crippen LogP contribution in [0.15, 0.2) is 21.5 Å². The number of nitrogens with zero attached hydrogens (tertiary/aromatic N) is 1. The molecule has 6 nitrogen and oxygen atoms in total. The first-order chi connectivity index (χ1) is 9.22. The van der Waals surface area contributed by atoms with Gasteiger partial charge >= 0.3 is 0 Å². The van der Waals surface area contributed by atoms with Crippen LogP contribution in [0, 0.1) is 6.92 Å². The van der Waals surface area contributed by atoms with E-state index in [9.17, 15) is 8.42 Å². The molecule has 20 heavy (non-hydrogen) atoms. The van der Waals surface area contributed by atoms with Crippen molar-refractivity contribution in [2.45, 2.75) is 11.8 Å². The maximum atomic E-state index is 12.3. The van der Waals surface area contributed by atoms with E-state index in [1.54, 1.807) is 6.92 Å². The van der Waals surface area contributed by atoms with Crippen molar-refractivity contribution in [3.8, 4) is 0 Å². The van der Waals surface area contributed by atoms with Crippen LogP contribution in [0.4, 0.5) is 11.5 Å². The van der Waals surface area contributed by atoms with E-state index in [2.05, 4.69) is 30.8 Å². The standard InChI is InChI=1S/C10H9BrCl2N4O2S/c1-4-8(14)10(16-15-4)17-20(18,19)9-6(12)2-5(11)3-7(9)13/h2-3H,14H2,1H3,(H2,15,16,17). The number of rotatable bonds is 3. The summed E-state index contributed by atoms with van der Waals surface area (Å²) in [5.41, 5.74) is 6.45. The molecule has 0 radical (unpaired) electrons. The zero-order valence-corrected chi connectivity index (χ0v) is 14.0. The fourth-order valence-electron chi connectivity index (χ4n) is 1.48. The lowest BCUT2D eigenvalue weighted by atomic mass is 10.4. The SMILES string of the molecule is Cc1[nH]nc(NS(=O)(=O)c2c(Cl)cc(Br)cc2Cl)c1N. The van der Waals surface area contributed by atoms with Crippen LogP contribution in [0.2, 0.25) is 10.0 Å². The van der Waals surface area contributed by atoms with Gasteiger partial charge in [-0.05, 0) is 19.1 Å². The van der Waals surface area contributed by atoms with Crippen molar-refractivity contribution < 1.29 is 8.42 Å². The molecule has 10 heteroatoms. The molecule has 0 fully saturated rings. The molecule has 0 aliphatic heterocycles. The molecule has 0 aliphatic rings. The minimum Gasteiger partial charge on any atom is -0.394 e. The third-order valence-electron chi connectivity index (χ3n) is 2.46. The number of nitrogens with two attached hydrogens (primary N) is 1. The van der Waals surface area contributed by atoms with Gasteiger partial charge in [0.1, 0.15) is 4.90 Å². The number of aromatic amines is 1. The second kappa shape index (κ2) is 5.44. The topological polar surface area (TPSA) is 101 Å². The molecule has 0 aliphatic carbocycles. The van der Waals surface area contributed by atoms with Crippen LogP contribution in [0.5, 0.6) is 0 Å². The first-order valence-corrected chi connectivity index (χ1v) is 8.23. The summed E-state index contributed by atoms with van der Waals surface area (Å²) < 4.78 is 27.4. The maximum Gasteiger partial charge on any atom is 0.266 e. The van der Waals surface area contributed by atoms with Crippen molar-refractivity contribution in [2.24, 2.45) is 0 Å². The van der Waals surface area contributed by atoms with Crippen LogP contribution in [-0.4, -0.2) is 18.6 Å². The molecule has 0 saturated carbocycles. The monoisotopic (exact) mass is 398 g/mol. The molecular weight excluding hydrogens is 391 g/mol. The van der Waals surface area contributed by atoms with E-state index >= 15 is 0 Å². The zero-order chi connectivity index (χ0) is 15.1. The van der Waals surface area contributed by atoms with Crippen molar-refractivity contribution in [1.29, 1.82) is 0 Å². The summed E-state index contributed by atoms with van der Waals surface area (Å²) in [6.07, 6.45) is 0. The summed E-state index contributed by atoms with van der Waals surface area (Å²) in [6.45, 7) is 1.67. The number of benzene rings is 1. The lowest BCUT2D eigenvalue weighted by Crippen LogP contribution is -2.15. The predicted octanol–water partition coefficient (Wildman–Crippen LogP) is 3.17. The summed E-state index contributed by atoms with van der Waals surface area (Å²) in [5, 5.41) is 6.32. The summed E-state index contributed by atoms with van der Waals surface area (Å²) >= 11 is 15.0. The average molecular weight is 400 g/mol. The first kappa shape index (κ1) is 15.4. The van der Waals surface area contributed by atoms with Crippen molar-refractivity contribution in [1.82, 2.24) is 10.2 Å². The van der Waals surface area contributed by atoms with Gasteiger partial charge in [0, 0.05) is 4.47 Å². The summed E-state index contributed by atoms with van der Waals surface area (Å²) in [6, 6.07) is 2.86. The molecule has 1 aromatic heterocycles. The quantitative estimate of drug-likeness (QED) is 0.737. The average Bonchev–Trinajstić information content (AvgIpc) is 2.58. The van der Waals surface area contributed by atoms with E-state index in [-0.39, 0.29) is 26.4 Å². The van der Waals surface area contributed by atoms with Gasteiger partial charge in [-0.25, -0.2) is 8.42 Å². The number of nitrogens with one attached hydrogen (secondary N) is 2. The second-order valence-corrected chi connectivity index (χ2v) is 7.26. The smallest absolute Gasteiger partial charge is 0.266 e. The Bertz CT molecular complexity index is 753. The van der Waals surface area contributed by atoms with Crippen LogP contribution in [0.3, 0.4) is 0 Å². The molecule has 0 unspecified atom stereocenters. The molecule has 1 heterocycles. The molecular formula is C10H9BrCl2N4O2S. The molecule has 2 aromatic rings. The highest BCUT2D eigenvalue weighted by molar-refractivity contribution is 9.10. The fraction of sp³-hybridized carbons (Fsp3) is 0.100. The molecule has 0 amide bonds. The van der Waals surface area contributed by atoms with Gasteiger partial charge in [-0.15, -0.1) is 0 Å². The number of sulfonamides is 1. The van der Waals surface area contributed by atoms with Gasteiger partial charge in [-0.3, -0.25) is 9.82 Å². The fourth-order valence-corrected chi connectivity index (χ4v) is 4.44. The van der Waals surface area contributed by atoms with E-state index in [0.717, 1.165) is 0 Å². The number of aromatic nitrogens is 2. The minimum atomic E-state index is -4.00. The Labute approximate surface area is 133 Å². The van der Waals surface area contributed by atoms with Gasteiger partial charge in [0.05, 0.1) is 21.4 Å². The number of anilines is 2. The van der Waals surface area contributed by atoms with Gasteiger partial charge in [0.15, 0.2) is 5.82 Å². The lowest BCUT2D eigenvalue weighted by molar-refractivity contribution is 0.601. The van der Waals surface area contributed by atoms with E-state index in [1.165, 1.54) is 12.1 Å². The van der Waals surface area contributed by atoms with Gasteiger partial charge in [0.25, 0.3) is 10.0 Å². The Morgan fingerprint density at radius 2 is 1.90 bits per heavy atom. The Balaban J connectivity index is 2.49. The van der Waals surface area contributed by atoms with E-state index < -0.39 is 10.0 Å². The molecule has 0 saturated heterocycles. The number of halogens is 3. The molecule has 0 spiro atoms. The molecule has 108 valence electrons. The number of hydrogen-bond donors (Lipinski definition) is 3. The Kier molecular flexibility index (Phi) is 4.19. The van der Waals surface area contributed by atoms with Gasteiger partial charge in [0.2, 0.25) is 0 Å². The largest absolute Gasteiger partial charge is 0.394 e. The third kappa shape index (κ3) is 2.88. The molecule has 0 atom stereocenters. The van der Waals surface area contributed by atoms with Crippen LogP contribution in [0.25, 0.3) is 0 Å². The highest BCUT2D eigenvalue weighted by atomic mass is 79.9. The maximum absolute atomic E-state index is 12.3. The number of nitrogen functional groups attached to an aromatic ring is 1. The van der Waals surface area contributed by atoms with Crippen LogP contribution >= 0.6 is 39.1 Å². The third-order valence-corrected chi connectivity index (χ3v) is 5.17. The molecule has 4 N–H and O–H groups in total. The summed E-state index contributed by atoms with van der Waals surface area (Å²) in [5.74, 6) is -0.00227. The number of hydrogen-bond acceptors (Lipinski definition) is 4. The Morgan fingerprint density at radius 1 is 1.35 bits per heavy atom. The van der Waals surface area contributed by atoms with Crippen molar-refractivity contribution >= 4 is 60.7 Å². The lowest BCUT2D eigenvalue weighted by Gasteiger charge is -2.10. The first-order valence-electron chi connectivity index (χ1n) is 5.20. The van der Waals surface area contributed by atoms with Crippen molar-refractivity contribution in [2.75, 3.05) is 10.5 Å². The minimum absolute atomic E-state index is 0.00227. The molecule has 1 aromatic carbocycles.